The lowest BCUT2D eigenvalue weighted by Gasteiger charge is -2.09. The standard InChI is InChI=1S/C28H27O4S/c1-20(2)18-27(29)31-22-10-14-25(15-11-22)33(24-8-6-5-7-9-24)26-16-12-23(13-17-26)32-28(30)19-21(3)4/h5-19H,1-4H3/q+1. The van der Waals surface area contributed by atoms with Crippen LogP contribution in [-0.2, 0) is 20.5 Å². The first-order chi connectivity index (χ1) is 15.8. The van der Waals surface area contributed by atoms with E-state index in [-0.39, 0.29) is 22.8 Å². The zero-order valence-electron chi connectivity index (χ0n) is 19.2. The molecule has 0 saturated heterocycles. The molecule has 3 rings (SSSR count). The monoisotopic (exact) mass is 459 g/mol. The number of allylic oxidation sites excluding steroid dienone is 2. The Balaban J connectivity index is 1.87. The summed E-state index contributed by atoms with van der Waals surface area (Å²) in [5.74, 6) is 0.227. The smallest absolute Gasteiger partial charge is 0.336 e. The fraction of sp³-hybridized carbons (Fsp3) is 0.143. The topological polar surface area (TPSA) is 52.6 Å². The number of carbonyl (C=O) groups is 2. The van der Waals surface area contributed by atoms with Crippen molar-refractivity contribution in [1.82, 2.24) is 0 Å². The molecule has 168 valence electrons. The molecule has 0 radical (unpaired) electrons. The summed E-state index contributed by atoms with van der Waals surface area (Å²) in [6.07, 6.45) is 2.93. The normalized spacial score (nSPS) is 10.3. The maximum atomic E-state index is 11.9. The summed E-state index contributed by atoms with van der Waals surface area (Å²) in [5.41, 5.74) is 1.77. The first kappa shape index (κ1) is 24.1. The molecule has 0 aliphatic rings. The molecule has 0 spiro atoms. The van der Waals surface area contributed by atoms with Crippen molar-refractivity contribution in [3.63, 3.8) is 0 Å². The second kappa shape index (κ2) is 11.3. The number of esters is 2. The van der Waals surface area contributed by atoms with Crippen LogP contribution in [0.5, 0.6) is 11.5 Å². The van der Waals surface area contributed by atoms with E-state index in [1.54, 1.807) is 0 Å². The Hall–Kier alpha value is -3.57. The number of ether oxygens (including phenoxy) is 2. The Labute approximate surface area is 197 Å². The molecule has 33 heavy (non-hydrogen) atoms. The van der Waals surface area contributed by atoms with Crippen molar-refractivity contribution in [1.29, 1.82) is 0 Å². The third kappa shape index (κ3) is 7.22. The van der Waals surface area contributed by atoms with E-state index < -0.39 is 0 Å². The van der Waals surface area contributed by atoms with E-state index in [0.717, 1.165) is 25.8 Å². The minimum absolute atomic E-state index is 0.380. The van der Waals surface area contributed by atoms with Crippen LogP contribution in [0.4, 0.5) is 0 Å². The van der Waals surface area contributed by atoms with Gasteiger partial charge in [-0.05, 0) is 88.4 Å². The molecular weight excluding hydrogens is 432 g/mol. The first-order valence-corrected chi connectivity index (χ1v) is 11.8. The van der Waals surface area contributed by atoms with Crippen LogP contribution in [-0.4, -0.2) is 11.9 Å². The van der Waals surface area contributed by atoms with Gasteiger partial charge < -0.3 is 9.47 Å². The minimum atomic E-state index is -0.386. The second-order valence-electron chi connectivity index (χ2n) is 7.85. The molecule has 0 aliphatic heterocycles. The lowest BCUT2D eigenvalue weighted by molar-refractivity contribution is -0.130. The Morgan fingerprint density at radius 3 is 1.30 bits per heavy atom. The molecular formula is C28H27O4S+. The molecule has 0 saturated carbocycles. The van der Waals surface area contributed by atoms with Crippen LogP contribution >= 0.6 is 0 Å². The molecule has 5 heteroatoms. The maximum Gasteiger partial charge on any atom is 0.336 e. The van der Waals surface area contributed by atoms with E-state index in [4.69, 9.17) is 9.47 Å². The number of carbonyl (C=O) groups excluding carboxylic acids is 2. The molecule has 0 bridgehead atoms. The van der Waals surface area contributed by atoms with Gasteiger partial charge in [0.25, 0.3) is 0 Å². The van der Waals surface area contributed by atoms with Crippen molar-refractivity contribution in [2.45, 2.75) is 42.4 Å². The van der Waals surface area contributed by atoms with Gasteiger partial charge in [0, 0.05) is 12.2 Å². The summed E-state index contributed by atoms with van der Waals surface area (Å²) in [6, 6.07) is 25.3. The summed E-state index contributed by atoms with van der Waals surface area (Å²) in [5, 5.41) is 0. The van der Waals surface area contributed by atoms with Gasteiger partial charge in [0.15, 0.2) is 14.7 Å². The Kier molecular flexibility index (Phi) is 8.28. The second-order valence-corrected chi connectivity index (χ2v) is 9.87. The average Bonchev–Trinajstić information content (AvgIpc) is 2.76. The zero-order valence-corrected chi connectivity index (χ0v) is 20.0. The Bertz CT molecular complexity index is 1080. The molecule has 0 amide bonds. The van der Waals surface area contributed by atoms with Crippen LogP contribution in [0, 0.1) is 0 Å². The van der Waals surface area contributed by atoms with Gasteiger partial charge in [0.05, 0.1) is 10.9 Å². The summed E-state index contributed by atoms with van der Waals surface area (Å²) in [7, 11) is -0.380. The van der Waals surface area contributed by atoms with Crippen LogP contribution in [0.1, 0.15) is 27.7 Å². The lowest BCUT2D eigenvalue weighted by Crippen LogP contribution is -2.07. The van der Waals surface area contributed by atoms with Gasteiger partial charge in [-0.3, -0.25) is 0 Å². The van der Waals surface area contributed by atoms with E-state index in [1.807, 2.05) is 94.4 Å². The largest absolute Gasteiger partial charge is 0.423 e. The van der Waals surface area contributed by atoms with E-state index in [0.29, 0.717) is 11.5 Å². The van der Waals surface area contributed by atoms with Gasteiger partial charge in [-0.15, -0.1) is 0 Å². The third-order valence-corrected chi connectivity index (χ3v) is 6.58. The molecule has 0 N–H and O–H groups in total. The molecule has 3 aromatic carbocycles. The number of hydrogen-bond donors (Lipinski definition) is 0. The Morgan fingerprint density at radius 2 is 0.939 bits per heavy atom. The van der Waals surface area contributed by atoms with Gasteiger partial charge in [-0.25, -0.2) is 9.59 Å². The Morgan fingerprint density at radius 1 is 0.576 bits per heavy atom. The highest BCUT2D eigenvalue weighted by Gasteiger charge is 2.28. The summed E-state index contributed by atoms with van der Waals surface area (Å²) in [6.45, 7) is 7.40. The maximum absolute atomic E-state index is 11.9. The molecule has 0 fully saturated rings. The van der Waals surface area contributed by atoms with Gasteiger partial charge in [0.1, 0.15) is 11.5 Å². The minimum Gasteiger partial charge on any atom is -0.423 e. The number of hydrogen-bond acceptors (Lipinski definition) is 4. The van der Waals surface area contributed by atoms with Crippen LogP contribution in [0.2, 0.25) is 0 Å². The van der Waals surface area contributed by atoms with Gasteiger partial charge in [0.2, 0.25) is 0 Å². The molecule has 0 atom stereocenters. The molecule has 4 nitrogen and oxygen atoms in total. The van der Waals surface area contributed by atoms with Gasteiger partial charge >= 0.3 is 11.9 Å². The molecule has 0 unspecified atom stereocenters. The lowest BCUT2D eigenvalue weighted by atomic mass is 10.3. The first-order valence-electron chi connectivity index (χ1n) is 10.5. The summed E-state index contributed by atoms with van der Waals surface area (Å²) in [4.78, 5) is 27.1. The average molecular weight is 460 g/mol. The highest BCUT2D eigenvalue weighted by Crippen LogP contribution is 2.33. The van der Waals surface area contributed by atoms with Crippen LogP contribution in [0.25, 0.3) is 0 Å². The zero-order chi connectivity index (χ0) is 23.8. The van der Waals surface area contributed by atoms with Crippen LogP contribution in [0.15, 0.2) is 117 Å². The molecule has 3 aromatic rings. The molecule has 0 aromatic heterocycles. The SMILES string of the molecule is CC(C)=CC(=O)Oc1ccc([S+](c2ccccc2)c2ccc(OC(=O)C=C(C)C)cc2)cc1. The number of rotatable bonds is 7. The number of benzene rings is 3. The van der Waals surface area contributed by atoms with Gasteiger partial charge in [-0.2, -0.15) is 0 Å². The summed E-state index contributed by atoms with van der Waals surface area (Å²) >= 11 is 0. The quantitative estimate of drug-likeness (QED) is 0.175. The highest BCUT2D eigenvalue weighted by molar-refractivity contribution is 7.97. The van der Waals surface area contributed by atoms with Crippen LogP contribution in [0.3, 0.4) is 0 Å². The third-order valence-electron chi connectivity index (χ3n) is 4.35. The van der Waals surface area contributed by atoms with Crippen molar-refractivity contribution < 1.29 is 19.1 Å². The van der Waals surface area contributed by atoms with Crippen molar-refractivity contribution in [3.05, 3.63) is 102 Å². The predicted octanol–water partition coefficient (Wildman–Crippen LogP) is 6.53. The van der Waals surface area contributed by atoms with Crippen molar-refractivity contribution in [3.8, 4) is 11.5 Å². The predicted molar refractivity (Wildman–Crippen MR) is 132 cm³/mol. The highest BCUT2D eigenvalue weighted by atomic mass is 32.2. The fourth-order valence-electron chi connectivity index (χ4n) is 3.02. The fourth-order valence-corrected chi connectivity index (χ4v) is 5.08. The van der Waals surface area contributed by atoms with Crippen LogP contribution < -0.4 is 9.47 Å². The van der Waals surface area contributed by atoms with Gasteiger partial charge in [-0.1, -0.05) is 29.3 Å². The van der Waals surface area contributed by atoms with E-state index in [2.05, 4.69) is 12.1 Å². The van der Waals surface area contributed by atoms with E-state index in [1.165, 1.54) is 12.2 Å². The summed E-state index contributed by atoms with van der Waals surface area (Å²) < 4.78 is 10.8. The van der Waals surface area contributed by atoms with Crippen molar-refractivity contribution in [2.75, 3.05) is 0 Å². The van der Waals surface area contributed by atoms with Crippen molar-refractivity contribution >= 4 is 22.8 Å². The molecule has 0 heterocycles. The van der Waals surface area contributed by atoms with E-state index >= 15 is 0 Å². The van der Waals surface area contributed by atoms with E-state index in [9.17, 15) is 9.59 Å². The van der Waals surface area contributed by atoms with Crippen molar-refractivity contribution in [2.24, 2.45) is 0 Å². The molecule has 0 aliphatic carbocycles.